The minimum Gasteiger partial charge on any atom is -0.205 e. The van der Waals surface area contributed by atoms with Crippen LogP contribution < -0.4 is 0 Å². The van der Waals surface area contributed by atoms with Crippen LogP contribution in [0.25, 0.3) is 0 Å². The smallest absolute Gasteiger partial charge is 0.205 e. The van der Waals surface area contributed by atoms with E-state index in [2.05, 4.69) is 18.2 Å². The molecule has 14 heavy (non-hydrogen) atoms. The highest BCUT2D eigenvalue weighted by molar-refractivity contribution is 7.90. The van der Waals surface area contributed by atoms with Crippen molar-refractivity contribution in [3.05, 3.63) is 0 Å². The van der Waals surface area contributed by atoms with Crippen molar-refractivity contribution in [1.82, 2.24) is 0 Å². The molecule has 3 aliphatic rings. The molecule has 1 heterocycles. The Bertz CT molecular complexity index is 435. The maximum Gasteiger partial charge on any atom is 0.254 e. The second kappa shape index (κ2) is 2.08. The zero-order valence-corrected chi connectivity index (χ0v) is 9.39. The monoisotopic (exact) mass is 213 g/mol. The molecule has 4 heteroatoms. The molecule has 1 spiro atoms. The number of nitrogens with zero attached hydrogens (tertiary/aromatic N) is 1. The third kappa shape index (κ3) is 0.757. The minimum absolute atomic E-state index is 0.0868. The summed E-state index contributed by atoms with van der Waals surface area (Å²) in [5, 5.41) is 0. The van der Waals surface area contributed by atoms with Crippen LogP contribution in [0.3, 0.4) is 0 Å². The van der Waals surface area contributed by atoms with E-state index in [0.717, 1.165) is 18.6 Å². The molecule has 3 rings (SSSR count). The highest BCUT2D eigenvalue weighted by Gasteiger charge is 2.66. The fourth-order valence-electron chi connectivity index (χ4n) is 3.77. The van der Waals surface area contributed by atoms with Gasteiger partial charge in [0.15, 0.2) is 0 Å². The summed E-state index contributed by atoms with van der Waals surface area (Å²) < 4.78 is 27.0. The standard InChI is InChI=1S/C10H15NO2S/c1-9(2)7-3-4-10(9)6-14(12,13)11-8(10)5-7/h7H,3-6H2,1-2H3/t7?,10-/m1/s1. The second-order valence-electron chi connectivity index (χ2n) is 5.51. The Kier molecular flexibility index (Phi) is 1.32. The van der Waals surface area contributed by atoms with Crippen molar-refractivity contribution in [1.29, 1.82) is 0 Å². The summed E-state index contributed by atoms with van der Waals surface area (Å²) >= 11 is 0. The van der Waals surface area contributed by atoms with Gasteiger partial charge in [-0.1, -0.05) is 13.8 Å². The summed E-state index contributed by atoms with van der Waals surface area (Å²) in [4.78, 5) is 0. The molecule has 0 aromatic carbocycles. The van der Waals surface area contributed by atoms with Crippen molar-refractivity contribution in [2.45, 2.75) is 33.1 Å². The summed E-state index contributed by atoms with van der Waals surface area (Å²) in [6, 6.07) is 0. The van der Waals surface area contributed by atoms with Gasteiger partial charge >= 0.3 is 0 Å². The molecular weight excluding hydrogens is 198 g/mol. The first kappa shape index (κ1) is 8.89. The van der Waals surface area contributed by atoms with Crippen LogP contribution in [0.5, 0.6) is 0 Å². The minimum atomic E-state index is -3.13. The Morgan fingerprint density at radius 2 is 2.14 bits per heavy atom. The average molecular weight is 213 g/mol. The number of sulfonamides is 1. The molecule has 0 radical (unpaired) electrons. The summed E-state index contributed by atoms with van der Waals surface area (Å²) in [5.74, 6) is 0.940. The molecule has 1 aliphatic heterocycles. The van der Waals surface area contributed by atoms with Gasteiger partial charge in [-0.25, -0.2) is 8.42 Å². The Hall–Kier alpha value is -0.380. The van der Waals surface area contributed by atoms with Crippen molar-refractivity contribution in [2.24, 2.45) is 21.1 Å². The molecule has 2 fully saturated rings. The molecule has 3 nitrogen and oxygen atoms in total. The lowest BCUT2D eigenvalue weighted by Crippen LogP contribution is -2.37. The van der Waals surface area contributed by atoms with Gasteiger partial charge in [0.1, 0.15) is 0 Å². The molecule has 2 bridgehead atoms. The highest BCUT2D eigenvalue weighted by Crippen LogP contribution is 2.66. The maximum absolute atomic E-state index is 11.5. The third-order valence-electron chi connectivity index (χ3n) is 4.84. The van der Waals surface area contributed by atoms with Crippen molar-refractivity contribution < 1.29 is 8.42 Å². The first-order chi connectivity index (χ1) is 6.37. The van der Waals surface area contributed by atoms with E-state index in [1.807, 2.05) is 0 Å². The molecule has 0 N–H and O–H groups in total. The van der Waals surface area contributed by atoms with E-state index in [1.54, 1.807) is 0 Å². The normalized spacial score (nSPS) is 46.4. The van der Waals surface area contributed by atoms with Gasteiger partial charge in [-0.15, -0.1) is 0 Å². The van der Waals surface area contributed by atoms with Crippen LogP contribution in [-0.4, -0.2) is 19.9 Å². The van der Waals surface area contributed by atoms with Gasteiger partial charge < -0.3 is 0 Å². The Morgan fingerprint density at radius 1 is 1.43 bits per heavy atom. The first-order valence-electron chi connectivity index (χ1n) is 5.19. The topological polar surface area (TPSA) is 46.5 Å². The van der Waals surface area contributed by atoms with E-state index in [-0.39, 0.29) is 16.6 Å². The van der Waals surface area contributed by atoms with Crippen LogP contribution in [0.1, 0.15) is 33.1 Å². The fraction of sp³-hybridized carbons (Fsp3) is 0.900. The van der Waals surface area contributed by atoms with E-state index < -0.39 is 10.0 Å². The van der Waals surface area contributed by atoms with Crippen LogP contribution >= 0.6 is 0 Å². The van der Waals surface area contributed by atoms with E-state index in [4.69, 9.17) is 0 Å². The van der Waals surface area contributed by atoms with Crippen LogP contribution in [0.15, 0.2) is 4.40 Å². The summed E-state index contributed by atoms with van der Waals surface area (Å²) in [6.45, 7) is 4.43. The van der Waals surface area contributed by atoms with Crippen molar-refractivity contribution >= 4 is 15.7 Å². The van der Waals surface area contributed by atoms with Crippen molar-refractivity contribution in [3.63, 3.8) is 0 Å². The lowest BCUT2D eigenvalue weighted by atomic mass is 9.70. The molecule has 78 valence electrons. The molecule has 0 saturated heterocycles. The van der Waals surface area contributed by atoms with Gasteiger partial charge in [-0.2, -0.15) is 4.40 Å². The summed E-state index contributed by atoms with van der Waals surface area (Å²) in [5.41, 5.74) is 1.05. The fourth-order valence-corrected chi connectivity index (χ4v) is 5.73. The third-order valence-corrected chi connectivity index (χ3v) is 6.20. The van der Waals surface area contributed by atoms with Gasteiger partial charge in [0, 0.05) is 11.1 Å². The van der Waals surface area contributed by atoms with Gasteiger partial charge in [0.2, 0.25) is 0 Å². The van der Waals surface area contributed by atoms with Gasteiger partial charge in [-0.05, 0) is 30.6 Å². The summed E-state index contributed by atoms with van der Waals surface area (Å²) in [6.07, 6.45) is 3.14. The SMILES string of the molecule is CC1(C)C2CC[C@]13CS(=O)(=O)N=C3C2. The predicted octanol–water partition coefficient (Wildman–Crippen LogP) is 1.60. The Labute approximate surface area is 84.7 Å². The zero-order valence-electron chi connectivity index (χ0n) is 8.58. The Morgan fingerprint density at radius 3 is 2.71 bits per heavy atom. The van der Waals surface area contributed by atoms with E-state index >= 15 is 0 Å². The molecule has 0 aromatic rings. The van der Waals surface area contributed by atoms with Crippen LogP contribution in [-0.2, 0) is 10.0 Å². The number of hydrogen-bond acceptors (Lipinski definition) is 2. The molecule has 1 unspecified atom stereocenters. The Balaban J connectivity index is 2.22. The lowest BCUT2D eigenvalue weighted by molar-refractivity contribution is 0.198. The molecular formula is C10H15NO2S. The van der Waals surface area contributed by atoms with E-state index in [9.17, 15) is 8.42 Å². The molecule has 0 aromatic heterocycles. The maximum atomic E-state index is 11.5. The van der Waals surface area contributed by atoms with E-state index in [1.165, 1.54) is 6.42 Å². The average Bonchev–Trinajstić information content (AvgIpc) is 2.50. The van der Waals surface area contributed by atoms with E-state index in [0.29, 0.717) is 5.92 Å². The summed E-state index contributed by atoms with van der Waals surface area (Å²) in [7, 11) is -3.13. The van der Waals surface area contributed by atoms with Crippen molar-refractivity contribution in [2.75, 3.05) is 5.75 Å². The van der Waals surface area contributed by atoms with Crippen LogP contribution in [0.2, 0.25) is 0 Å². The van der Waals surface area contributed by atoms with Gasteiger partial charge in [0.05, 0.1) is 5.75 Å². The lowest BCUT2D eigenvalue weighted by Gasteiger charge is -2.34. The van der Waals surface area contributed by atoms with Gasteiger partial charge in [0.25, 0.3) is 10.0 Å². The van der Waals surface area contributed by atoms with Crippen molar-refractivity contribution in [3.8, 4) is 0 Å². The molecule has 2 atom stereocenters. The largest absolute Gasteiger partial charge is 0.254 e. The number of fused-ring (bicyclic) bond motifs is 1. The highest BCUT2D eigenvalue weighted by atomic mass is 32.2. The molecule has 2 aliphatic carbocycles. The van der Waals surface area contributed by atoms with Gasteiger partial charge in [-0.3, -0.25) is 0 Å². The quantitative estimate of drug-likeness (QED) is 0.613. The second-order valence-corrected chi connectivity index (χ2v) is 7.14. The number of hydrogen-bond donors (Lipinski definition) is 0. The molecule has 2 saturated carbocycles. The molecule has 0 amide bonds. The zero-order chi connectivity index (χ0) is 10.2. The number of rotatable bonds is 0. The van der Waals surface area contributed by atoms with Crippen LogP contribution in [0, 0.1) is 16.7 Å². The van der Waals surface area contributed by atoms with Crippen LogP contribution in [0.4, 0.5) is 0 Å². The first-order valence-corrected chi connectivity index (χ1v) is 6.80. The predicted molar refractivity (Wildman–Crippen MR) is 54.8 cm³/mol.